The lowest BCUT2D eigenvalue weighted by Crippen LogP contribution is -2.27. The number of thiocarbonyl (C=S) groups is 1. The van der Waals surface area contributed by atoms with Gasteiger partial charge in [-0.3, -0.25) is 18.9 Å². The Morgan fingerprint density at radius 2 is 1.74 bits per heavy atom. The first-order valence-electron chi connectivity index (χ1n) is 10.2. The highest BCUT2D eigenvalue weighted by atomic mass is 35.5. The number of thioether (sulfide) groups is 1. The van der Waals surface area contributed by atoms with Crippen LogP contribution in [0, 0.1) is 0 Å². The molecule has 0 bridgehead atoms. The van der Waals surface area contributed by atoms with Gasteiger partial charge < -0.3 is 4.74 Å². The summed E-state index contributed by atoms with van der Waals surface area (Å²) in [6.07, 6.45) is 3.12. The summed E-state index contributed by atoms with van der Waals surface area (Å²) in [6.45, 7) is 0.353. The molecule has 34 heavy (non-hydrogen) atoms. The van der Waals surface area contributed by atoms with Gasteiger partial charge in [-0.1, -0.05) is 72.0 Å². The molecule has 9 heteroatoms. The molecule has 3 heterocycles. The van der Waals surface area contributed by atoms with Gasteiger partial charge in [-0.15, -0.1) is 0 Å². The molecule has 0 spiro atoms. The minimum atomic E-state index is -0.358. The van der Waals surface area contributed by atoms with Crippen LogP contribution in [0.5, 0.6) is 11.6 Å². The van der Waals surface area contributed by atoms with Crippen molar-refractivity contribution >= 4 is 57.5 Å². The van der Waals surface area contributed by atoms with E-state index in [4.69, 9.17) is 28.6 Å². The van der Waals surface area contributed by atoms with Crippen molar-refractivity contribution in [2.75, 3.05) is 0 Å². The molecule has 168 valence electrons. The fourth-order valence-electron chi connectivity index (χ4n) is 3.43. The summed E-state index contributed by atoms with van der Waals surface area (Å²) in [4.78, 5) is 32.9. The Hall–Kier alpha value is -3.46. The monoisotopic (exact) mass is 505 g/mol. The minimum absolute atomic E-state index is 0.0897. The normalized spacial score (nSPS) is 14.9. The van der Waals surface area contributed by atoms with Crippen molar-refractivity contribution in [2.45, 2.75) is 6.54 Å². The summed E-state index contributed by atoms with van der Waals surface area (Å²) in [5, 5.41) is 0.557. The van der Waals surface area contributed by atoms with E-state index in [1.54, 1.807) is 48.7 Å². The fraction of sp³-hybridized carbons (Fsp3) is 0.0400. The third kappa shape index (κ3) is 4.48. The highest BCUT2D eigenvalue weighted by molar-refractivity contribution is 8.26. The SMILES string of the molecule is O=C1C(=Cc2c(Oc3ccc(Cl)cc3)nc3ccccn3c2=O)SC(=S)N1Cc1ccccc1. The van der Waals surface area contributed by atoms with Crippen molar-refractivity contribution in [1.82, 2.24) is 14.3 Å². The highest BCUT2D eigenvalue weighted by Crippen LogP contribution is 2.35. The molecule has 0 radical (unpaired) electrons. The maximum atomic E-state index is 13.4. The van der Waals surface area contributed by atoms with E-state index in [1.807, 2.05) is 30.3 Å². The number of carbonyl (C=O) groups is 1. The Balaban J connectivity index is 1.56. The molecule has 5 rings (SSSR count). The zero-order valence-corrected chi connectivity index (χ0v) is 19.9. The van der Waals surface area contributed by atoms with Gasteiger partial charge in [-0.25, -0.2) is 0 Å². The number of nitrogens with zero attached hydrogens (tertiary/aromatic N) is 3. The lowest BCUT2D eigenvalue weighted by atomic mass is 10.2. The summed E-state index contributed by atoms with van der Waals surface area (Å²) in [5.74, 6) is 0.281. The lowest BCUT2D eigenvalue weighted by molar-refractivity contribution is -0.122. The van der Waals surface area contributed by atoms with Crippen LogP contribution >= 0.6 is 35.6 Å². The number of hydrogen-bond donors (Lipinski definition) is 0. The molecule has 0 unspecified atom stereocenters. The molecule has 1 aliphatic heterocycles. The summed E-state index contributed by atoms with van der Waals surface area (Å²) in [5.41, 5.74) is 1.17. The van der Waals surface area contributed by atoms with Gasteiger partial charge in [0.25, 0.3) is 11.5 Å². The molecule has 4 aromatic rings. The molecular weight excluding hydrogens is 490 g/mol. The summed E-state index contributed by atoms with van der Waals surface area (Å²) < 4.78 is 7.79. The molecule has 2 aromatic heterocycles. The quantitative estimate of drug-likeness (QED) is 0.262. The topological polar surface area (TPSA) is 63.9 Å². The Kier molecular flexibility index (Phi) is 6.19. The van der Waals surface area contributed by atoms with E-state index in [2.05, 4.69) is 4.98 Å². The van der Waals surface area contributed by atoms with E-state index in [1.165, 1.54) is 15.4 Å². The van der Waals surface area contributed by atoms with Gasteiger partial charge in [0, 0.05) is 11.2 Å². The Labute approximate surface area is 209 Å². The number of halogens is 1. The zero-order valence-electron chi connectivity index (χ0n) is 17.6. The van der Waals surface area contributed by atoms with Crippen LogP contribution in [0.25, 0.3) is 11.7 Å². The smallest absolute Gasteiger partial charge is 0.269 e. The van der Waals surface area contributed by atoms with Crippen molar-refractivity contribution in [3.63, 3.8) is 0 Å². The number of aromatic nitrogens is 2. The number of fused-ring (bicyclic) bond motifs is 1. The summed E-state index contributed by atoms with van der Waals surface area (Å²) >= 11 is 12.6. The summed E-state index contributed by atoms with van der Waals surface area (Å²) in [6, 6.07) is 21.5. The van der Waals surface area contributed by atoms with Gasteiger partial charge in [-0.2, -0.15) is 4.98 Å². The molecule has 2 aromatic carbocycles. The average molecular weight is 506 g/mol. The van der Waals surface area contributed by atoms with Crippen LogP contribution in [-0.2, 0) is 11.3 Å². The minimum Gasteiger partial charge on any atom is -0.438 e. The number of benzene rings is 2. The van der Waals surface area contributed by atoms with Crippen LogP contribution in [0.2, 0.25) is 5.02 Å². The van der Waals surface area contributed by atoms with E-state index in [0.29, 0.717) is 32.2 Å². The first-order valence-corrected chi connectivity index (χ1v) is 11.8. The number of pyridine rings is 1. The number of amides is 1. The first kappa shape index (κ1) is 22.3. The average Bonchev–Trinajstić information content (AvgIpc) is 3.11. The third-order valence-corrected chi connectivity index (χ3v) is 6.72. The maximum Gasteiger partial charge on any atom is 0.269 e. The molecular formula is C25H16ClN3O3S2. The molecule has 1 amide bonds. The van der Waals surface area contributed by atoms with Gasteiger partial charge in [0.05, 0.1) is 11.4 Å². The molecule has 6 nitrogen and oxygen atoms in total. The van der Waals surface area contributed by atoms with E-state index >= 15 is 0 Å². The maximum absolute atomic E-state index is 13.4. The largest absolute Gasteiger partial charge is 0.438 e. The van der Waals surface area contributed by atoms with Crippen LogP contribution in [0.3, 0.4) is 0 Å². The lowest BCUT2D eigenvalue weighted by Gasteiger charge is -2.14. The Bertz CT molecular complexity index is 1500. The predicted octanol–water partition coefficient (Wildman–Crippen LogP) is 5.54. The standard InChI is InChI=1S/C25H16ClN3O3S2/c26-17-9-11-18(12-10-17)32-22-19(23(30)28-13-5-4-8-21(28)27-22)14-20-24(31)29(25(33)34-20)15-16-6-2-1-3-7-16/h1-14H,15H2. The number of carbonyl (C=O) groups excluding carboxylic acids is 1. The van der Waals surface area contributed by atoms with Crippen LogP contribution in [0.4, 0.5) is 0 Å². The zero-order chi connectivity index (χ0) is 23.7. The number of rotatable bonds is 5. The molecule has 1 aliphatic rings. The fourth-order valence-corrected chi connectivity index (χ4v) is 4.79. The van der Waals surface area contributed by atoms with Crippen molar-refractivity contribution in [3.05, 3.63) is 110 Å². The van der Waals surface area contributed by atoms with Crippen LogP contribution in [0.1, 0.15) is 11.1 Å². The summed E-state index contributed by atoms with van der Waals surface area (Å²) in [7, 11) is 0. The van der Waals surface area contributed by atoms with E-state index in [0.717, 1.165) is 17.3 Å². The molecule has 0 saturated carbocycles. The van der Waals surface area contributed by atoms with Crippen LogP contribution in [-0.4, -0.2) is 24.5 Å². The van der Waals surface area contributed by atoms with Crippen molar-refractivity contribution < 1.29 is 9.53 Å². The molecule has 1 fully saturated rings. The second-order valence-corrected chi connectivity index (χ2v) is 9.49. The second-order valence-electron chi connectivity index (χ2n) is 7.37. The molecule has 0 aliphatic carbocycles. The highest BCUT2D eigenvalue weighted by Gasteiger charge is 2.32. The van der Waals surface area contributed by atoms with E-state index in [-0.39, 0.29) is 22.9 Å². The van der Waals surface area contributed by atoms with Crippen LogP contribution < -0.4 is 10.3 Å². The molecule has 1 saturated heterocycles. The predicted molar refractivity (Wildman–Crippen MR) is 138 cm³/mol. The van der Waals surface area contributed by atoms with Crippen molar-refractivity contribution in [3.8, 4) is 11.6 Å². The Morgan fingerprint density at radius 1 is 1.00 bits per heavy atom. The van der Waals surface area contributed by atoms with Gasteiger partial charge in [-0.05, 0) is 48.0 Å². The van der Waals surface area contributed by atoms with Gasteiger partial charge in [0.15, 0.2) is 0 Å². The first-order chi connectivity index (χ1) is 16.5. The number of ether oxygens (including phenoxy) is 1. The third-order valence-electron chi connectivity index (χ3n) is 5.09. The van der Waals surface area contributed by atoms with Crippen LogP contribution in [0.15, 0.2) is 88.7 Å². The van der Waals surface area contributed by atoms with Gasteiger partial charge in [0.2, 0.25) is 5.88 Å². The van der Waals surface area contributed by atoms with E-state index in [9.17, 15) is 9.59 Å². The second kappa shape index (κ2) is 9.42. The van der Waals surface area contributed by atoms with Crippen molar-refractivity contribution in [2.24, 2.45) is 0 Å². The molecule has 0 N–H and O–H groups in total. The molecule has 0 atom stereocenters. The number of hydrogen-bond acceptors (Lipinski definition) is 6. The van der Waals surface area contributed by atoms with Gasteiger partial charge >= 0.3 is 0 Å². The van der Waals surface area contributed by atoms with Gasteiger partial charge in [0.1, 0.15) is 21.3 Å². The van der Waals surface area contributed by atoms with E-state index < -0.39 is 0 Å². The Morgan fingerprint density at radius 3 is 2.50 bits per heavy atom. The van der Waals surface area contributed by atoms with Crippen molar-refractivity contribution in [1.29, 1.82) is 0 Å².